The van der Waals surface area contributed by atoms with Crippen molar-refractivity contribution in [2.75, 3.05) is 18.6 Å². The van der Waals surface area contributed by atoms with E-state index in [0.29, 0.717) is 12.1 Å². The van der Waals surface area contributed by atoms with Crippen LogP contribution in [-0.4, -0.2) is 55.8 Å². The van der Waals surface area contributed by atoms with Crippen molar-refractivity contribution in [3.05, 3.63) is 18.0 Å². The zero-order valence-corrected chi connectivity index (χ0v) is 12.0. The van der Waals surface area contributed by atoms with Gasteiger partial charge >= 0.3 is 0 Å². The number of aromatic nitrogens is 1. The van der Waals surface area contributed by atoms with Gasteiger partial charge in [-0.3, -0.25) is 0 Å². The van der Waals surface area contributed by atoms with Gasteiger partial charge < -0.3 is 10.1 Å². The second-order valence-corrected chi connectivity index (χ2v) is 8.82. The predicted octanol–water partition coefficient (Wildman–Crippen LogP) is -0.685. The molecule has 1 saturated heterocycles. The van der Waals surface area contributed by atoms with Crippen LogP contribution in [-0.2, 0) is 26.5 Å². The zero-order chi connectivity index (χ0) is 14.3. The molecule has 2 N–H and O–H groups in total. The van der Waals surface area contributed by atoms with Crippen LogP contribution in [0.1, 0.15) is 12.1 Å². The van der Waals surface area contributed by atoms with E-state index in [-0.39, 0.29) is 23.0 Å². The number of nitrogens with one attached hydrogen (secondary N) is 1. The first-order valence-corrected chi connectivity index (χ1v) is 8.99. The summed E-state index contributed by atoms with van der Waals surface area (Å²) in [6.07, 6.45) is 1.61. The predicted molar refractivity (Wildman–Crippen MR) is 68.7 cm³/mol. The van der Waals surface area contributed by atoms with Gasteiger partial charge in [0.2, 0.25) is 10.0 Å². The molecule has 2 rings (SSSR count). The largest absolute Gasteiger partial charge is 0.390 e. The maximum Gasteiger partial charge on any atom is 0.244 e. The van der Waals surface area contributed by atoms with Crippen molar-refractivity contribution >= 4 is 19.9 Å². The number of rotatable bonds is 4. The highest BCUT2D eigenvalue weighted by Crippen LogP contribution is 2.23. The van der Waals surface area contributed by atoms with Gasteiger partial charge in [-0.15, -0.1) is 0 Å². The van der Waals surface area contributed by atoms with Crippen LogP contribution in [0, 0.1) is 0 Å². The van der Waals surface area contributed by atoms with Crippen molar-refractivity contribution in [1.82, 2.24) is 9.29 Å². The molecule has 0 amide bonds. The minimum atomic E-state index is -3.74. The Bertz CT molecular complexity index is 662. The van der Waals surface area contributed by atoms with E-state index in [1.165, 1.54) is 19.3 Å². The van der Waals surface area contributed by atoms with E-state index in [4.69, 9.17) is 5.11 Å². The highest BCUT2D eigenvalue weighted by Gasteiger charge is 2.36. The van der Waals surface area contributed by atoms with Crippen molar-refractivity contribution in [1.29, 1.82) is 0 Å². The van der Waals surface area contributed by atoms with Gasteiger partial charge in [0.1, 0.15) is 0 Å². The molecule has 1 aliphatic rings. The number of sulfone groups is 1. The molecule has 1 aromatic heterocycles. The molecule has 1 unspecified atom stereocenters. The molecule has 1 aromatic rings. The monoisotopic (exact) mass is 308 g/mol. The second kappa shape index (κ2) is 4.89. The summed E-state index contributed by atoms with van der Waals surface area (Å²) >= 11 is 0. The summed E-state index contributed by atoms with van der Waals surface area (Å²) in [5.41, 5.74) is 0.394. The van der Waals surface area contributed by atoms with Crippen LogP contribution in [0.25, 0.3) is 0 Å². The van der Waals surface area contributed by atoms with Gasteiger partial charge in [-0.1, -0.05) is 0 Å². The Labute approximate surface area is 112 Å². The lowest BCUT2D eigenvalue weighted by atomic mass is 10.3. The number of aliphatic hydroxyl groups is 1. The highest BCUT2D eigenvalue weighted by atomic mass is 32.2. The number of sulfonamides is 1. The fourth-order valence-electron chi connectivity index (χ4n) is 2.08. The van der Waals surface area contributed by atoms with Gasteiger partial charge in [0.15, 0.2) is 9.84 Å². The van der Waals surface area contributed by atoms with Crippen molar-refractivity contribution in [2.24, 2.45) is 0 Å². The Hall–Kier alpha value is -0.900. The van der Waals surface area contributed by atoms with E-state index < -0.39 is 25.9 Å². The third-order valence-corrected chi connectivity index (χ3v) is 6.92. The molecule has 0 aliphatic carbocycles. The Morgan fingerprint density at radius 2 is 2.21 bits per heavy atom. The smallest absolute Gasteiger partial charge is 0.244 e. The van der Waals surface area contributed by atoms with E-state index in [9.17, 15) is 16.8 Å². The molecule has 1 fully saturated rings. The van der Waals surface area contributed by atoms with Crippen LogP contribution < -0.4 is 0 Å². The molecule has 0 radical (unpaired) electrons. The third kappa shape index (κ3) is 2.83. The summed E-state index contributed by atoms with van der Waals surface area (Å²) in [4.78, 5) is 2.68. The topological polar surface area (TPSA) is 108 Å². The molecule has 1 aliphatic heterocycles. The number of aliphatic hydroxyl groups excluding tert-OH is 1. The van der Waals surface area contributed by atoms with Crippen molar-refractivity contribution < 1.29 is 21.9 Å². The Morgan fingerprint density at radius 3 is 2.68 bits per heavy atom. The first kappa shape index (κ1) is 14.5. The molecule has 108 valence electrons. The molecule has 1 atom stereocenters. The van der Waals surface area contributed by atoms with E-state index in [0.717, 1.165) is 4.31 Å². The molecule has 19 heavy (non-hydrogen) atoms. The number of nitrogens with zero attached hydrogens (tertiary/aromatic N) is 1. The number of hydrogen-bond acceptors (Lipinski definition) is 5. The molecule has 0 saturated carbocycles. The summed E-state index contributed by atoms with van der Waals surface area (Å²) in [6, 6.07) is 0.817. The quantitative estimate of drug-likeness (QED) is 0.766. The molecular weight excluding hydrogens is 292 g/mol. The molecule has 7 nitrogen and oxygen atoms in total. The average molecular weight is 308 g/mol. The number of hydrogen-bond donors (Lipinski definition) is 2. The van der Waals surface area contributed by atoms with Crippen LogP contribution in [0.2, 0.25) is 0 Å². The minimum absolute atomic E-state index is 0.0204. The fraction of sp³-hybridized carbons (Fsp3) is 0.600. The first-order valence-electron chi connectivity index (χ1n) is 5.73. The lowest BCUT2D eigenvalue weighted by Gasteiger charge is -2.21. The molecular formula is C10H16N2O5S2. The Morgan fingerprint density at radius 1 is 1.53 bits per heavy atom. The van der Waals surface area contributed by atoms with Gasteiger partial charge in [0.05, 0.1) is 23.0 Å². The molecule has 0 aromatic carbocycles. The second-order valence-electron chi connectivity index (χ2n) is 4.60. The summed E-state index contributed by atoms with van der Waals surface area (Å²) in [7, 11) is -5.49. The maximum absolute atomic E-state index is 12.3. The summed E-state index contributed by atoms with van der Waals surface area (Å²) in [6.45, 7) is -0.281. The maximum atomic E-state index is 12.3. The summed E-state index contributed by atoms with van der Waals surface area (Å²) in [5, 5.41) is 8.92. The van der Waals surface area contributed by atoms with Gasteiger partial charge in [-0.05, 0) is 12.5 Å². The van der Waals surface area contributed by atoms with Gasteiger partial charge in [-0.25, -0.2) is 16.8 Å². The van der Waals surface area contributed by atoms with Crippen LogP contribution in [0.4, 0.5) is 0 Å². The van der Waals surface area contributed by atoms with Gasteiger partial charge in [0, 0.05) is 25.0 Å². The van der Waals surface area contributed by atoms with E-state index in [1.54, 1.807) is 0 Å². The van der Waals surface area contributed by atoms with Crippen LogP contribution in [0.3, 0.4) is 0 Å². The normalized spacial score (nSPS) is 23.0. The molecule has 2 heterocycles. The van der Waals surface area contributed by atoms with Gasteiger partial charge in [0.25, 0.3) is 0 Å². The first-order chi connectivity index (χ1) is 8.76. The molecule has 9 heteroatoms. The van der Waals surface area contributed by atoms with Crippen molar-refractivity contribution in [2.45, 2.75) is 24.0 Å². The summed E-state index contributed by atoms with van der Waals surface area (Å²) in [5.74, 6) is -0.118. The Balaban J connectivity index is 2.25. The SMILES string of the molecule is CN(C1CCS(=O)(=O)C1)S(=O)(=O)c1c[nH]c(CO)c1. The Kier molecular flexibility index (Phi) is 3.74. The van der Waals surface area contributed by atoms with E-state index >= 15 is 0 Å². The fourth-order valence-corrected chi connectivity index (χ4v) is 5.36. The highest BCUT2D eigenvalue weighted by molar-refractivity contribution is 7.92. The summed E-state index contributed by atoms with van der Waals surface area (Å²) < 4.78 is 48.5. The average Bonchev–Trinajstić information content (AvgIpc) is 2.94. The van der Waals surface area contributed by atoms with Crippen LogP contribution in [0.15, 0.2) is 17.2 Å². The van der Waals surface area contributed by atoms with Crippen LogP contribution >= 0.6 is 0 Å². The van der Waals surface area contributed by atoms with Crippen LogP contribution in [0.5, 0.6) is 0 Å². The molecule has 0 bridgehead atoms. The van der Waals surface area contributed by atoms with Crippen molar-refractivity contribution in [3.63, 3.8) is 0 Å². The lowest BCUT2D eigenvalue weighted by molar-refractivity contribution is 0.277. The van der Waals surface area contributed by atoms with E-state index in [2.05, 4.69) is 4.98 Å². The lowest BCUT2D eigenvalue weighted by Crippen LogP contribution is -2.37. The standard InChI is InChI=1S/C10H16N2O5S2/c1-12(9-2-3-18(14,15)7-9)19(16,17)10-4-8(6-13)11-5-10/h4-5,9,11,13H,2-3,6-7H2,1H3. The zero-order valence-electron chi connectivity index (χ0n) is 10.4. The number of aromatic amines is 1. The minimum Gasteiger partial charge on any atom is -0.390 e. The third-order valence-electron chi connectivity index (χ3n) is 3.29. The van der Waals surface area contributed by atoms with E-state index in [1.807, 2.05) is 0 Å². The van der Waals surface area contributed by atoms with Gasteiger partial charge in [-0.2, -0.15) is 4.31 Å². The number of H-pyrrole nitrogens is 1. The van der Waals surface area contributed by atoms with Crippen molar-refractivity contribution in [3.8, 4) is 0 Å². The molecule has 0 spiro atoms.